The minimum Gasteiger partial charge on any atom is -0.350 e. The number of benzene rings is 3. The van der Waals surface area contributed by atoms with E-state index in [0.29, 0.717) is 12.1 Å². The van der Waals surface area contributed by atoms with Crippen LogP contribution in [0.4, 0.5) is 0 Å². The lowest BCUT2D eigenvalue weighted by Gasteiger charge is -2.16. The summed E-state index contributed by atoms with van der Waals surface area (Å²) in [5, 5.41) is 22.5. The zero-order chi connectivity index (χ0) is 23.9. The Balaban J connectivity index is 1.42. The van der Waals surface area contributed by atoms with Crippen molar-refractivity contribution in [3.8, 4) is 0 Å². The van der Waals surface area contributed by atoms with Gasteiger partial charge in [0.2, 0.25) is 11.8 Å². The number of amides is 2. The second-order valence-corrected chi connectivity index (χ2v) is 8.41. The summed E-state index contributed by atoms with van der Waals surface area (Å²) in [4.78, 5) is 24.2. The van der Waals surface area contributed by atoms with Crippen molar-refractivity contribution in [1.29, 1.82) is 0 Å². The molecule has 1 aromatic heterocycles. The van der Waals surface area contributed by atoms with E-state index in [1.807, 2.05) is 67.6 Å². The number of hydrogen-bond donors (Lipinski definition) is 3. The van der Waals surface area contributed by atoms with Crippen LogP contribution < -0.4 is 10.8 Å². The van der Waals surface area contributed by atoms with Crippen molar-refractivity contribution in [2.24, 2.45) is 0 Å². The number of aryl methyl sites for hydroxylation is 1. The molecular weight excluding hydrogens is 430 g/mol. The van der Waals surface area contributed by atoms with E-state index >= 15 is 0 Å². The summed E-state index contributed by atoms with van der Waals surface area (Å²) in [6.45, 7) is 2.24. The number of hydrogen-bond acceptors (Lipinski definition) is 5. The smallest absolute Gasteiger partial charge is 0.245 e. The third-order valence-corrected chi connectivity index (χ3v) is 5.71. The van der Waals surface area contributed by atoms with Gasteiger partial charge < -0.3 is 5.32 Å². The molecule has 0 spiro atoms. The number of hydroxylamine groups is 1. The van der Waals surface area contributed by atoms with Crippen LogP contribution in [0.15, 0.2) is 72.9 Å². The first-order chi connectivity index (χ1) is 16.5. The molecule has 0 aliphatic carbocycles. The minimum atomic E-state index is -0.505. The van der Waals surface area contributed by atoms with Crippen LogP contribution >= 0.6 is 0 Å². The van der Waals surface area contributed by atoms with E-state index < -0.39 is 5.91 Å². The maximum atomic E-state index is 12.3. The first-order valence-electron chi connectivity index (χ1n) is 11.1. The number of nitrogens with one attached hydrogen (secondary N) is 2. The lowest BCUT2D eigenvalue weighted by Crippen LogP contribution is -2.25. The van der Waals surface area contributed by atoms with Crippen molar-refractivity contribution in [3.63, 3.8) is 0 Å². The van der Waals surface area contributed by atoms with E-state index in [-0.39, 0.29) is 31.3 Å². The Kier molecular flexibility index (Phi) is 7.29. The molecule has 0 bridgehead atoms. The predicted molar refractivity (Wildman–Crippen MR) is 128 cm³/mol. The van der Waals surface area contributed by atoms with Gasteiger partial charge in [-0.25, -0.2) is 10.2 Å². The summed E-state index contributed by atoms with van der Waals surface area (Å²) < 4.78 is 1.62. The summed E-state index contributed by atoms with van der Waals surface area (Å²) >= 11 is 0. The third kappa shape index (κ3) is 6.05. The lowest BCUT2D eigenvalue weighted by atomic mass is 10.00. The number of aromatic nitrogens is 3. The Morgan fingerprint density at radius 3 is 2.47 bits per heavy atom. The SMILES string of the molecule is Cc1ccc(CC(=O)NCc2cn([C@@H](CC(=O)NO)Cc3ccc4ccccc4c3)nn2)cc1. The van der Waals surface area contributed by atoms with Crippen LogP contribution in [0.5, 0.6) is 0 Å². The second-order valence-electron chi connectivity index (χ2n) is 8.41. The molecule has 8 heteroatoms. The van der Waals surface area contributed by atoms with Gasteiger partial charge in [-0.15, -0.1) is 5.10 Å². The Labute approximate surface area is 197 Å². The first-order valence-corrected chi connectivity index (χ1v) is 11.1. The number of carbonyl (C=O) groups excluding carboxylic acids is 2. The molecule has 3 N–H and O–H groups in total. The van der Waals surface area contributed by atoms with E-state index in [9.17, 15) is 9.59 Å². The van der Waals surface area contributed by atoms with Gasteiger partial charge in [0.05, 0.1) is 31.6 Å². The number of nitrogens with zero attached hydrogens (tertiary/aromatic N) is 3. The maximum absolute atomic E-state index is 12.3. The molecule has 8 nitrogen and oxygen atoms in total. The predicted octanol–water partition coefficient (Wildman–Crippen LogP) is 3.28. The van der Waals surface area contributed by atoms with Gasteiger partial charge in [-0.2, -0.15) is 0 Å². The molecule has 0 aliphatic heterocycles. The van der Waals surface area contributed by atoms with Crippen molar-refractivity contribution in [3.05, 3.63) is 95.3 Å². The molecule has 0 saturated heterocycles. The zero-order valence-electron chi connectivity index (χ0n) is 18.9. The highest BCUT2D eigenvalue weighted by Gasteiger charge is 2.19. The topological polar surface area (TPSA) is 109 Å². The van der Waals surface area contributed by atoms with Gasteiger partial charge in [-0.3, -0.25) is 14.8 Å². The summed E-state index contributed by atoms with van der Waals surface area (Å²) in [7, 11) is 0. The minimum absolute atomic E-state index is 0.0336. The third-order valence-electron chi connectivity index (χ3n) is 5.71. The van der Waals surface area contributed by atoms with E-state index in [1.165, 1.54) is 0 Å². The Bertz CT molecular complexity index is 1280. The standard InChI is InChI=1S/C26H27N5O3/c1-18-6-8-19(9-7-18)14-25(32)27-16-23-17-31(30-28-23)24(15-26(33)29-34)13-20-10-11-21-4-2-3-5-22(21)12-20/h2-12,17,24,34H,13-16H2,1H3,(H,27,32)(H,29,33)/t24-/m1/s1. The highest BCUT2D eigenvalue weighted by Crippen LogP contribution is 2.22. The van der Waals surface area contributed by atoms with Crippen molar-refractivity contribution < 1.29 is 14.8 Å². The lowest BCUT2D eigenvalue weighted by molar-refractivity contribution is -0.130. The van der Waals surface area contributed by atoms with Gasteiger partial charge in [-0.1, -0.05) is 77.5 Å². The molecule has 1 heterocycles. The van der Waals surface area contributed by atoms with Crippen LogP contribution in [-0.2, 0) is 29.0 Å². The van der Waals surface area contributed by atoms with Gasteiger partial charge in [0.1, 0.15) is 5.69 Å². The molecule has 1 atom stereocenters. The summed E-state index contributed by atoms with van der Waals surface area (Å²) in [5.41, 5.74) is 5.41. The summed E-state index contributed by atoms with van der Waals surface area (Å²) in [6, 6.07) is 21.7. The van der Waals surface area contributed by atoms with E-state index in [4.69, 9.17) is 5.21 Å². The zero-order valence-corrected chi connectivity index (χ0v) is 18.9. The molecule has 3 aromatic carbocycles. The summed E-state index contributed by atoms with van der Waals surface area (Å²) in [6.07, 6.45) is 2.57. The van der Waals surface area contributed by atoms with E-state index in [0.717, 1.165) is 27.5 Å². The van der Waals surface area contributed by atoms with Gasteiger partial charge >= 0.3 is 0 Å². The van der Waals surface area contributed by atoms with Crippen LogP contribution in [0.1, 0.15) is 34.8 Å². The molecule has 2 amide bonds. The van der Waals surface area contributed by atoms with Gasteiger partial charge in [0.25, 0.3) is 0 Å². The molecule has 4 aromatic rings. The van der Waals surface area contributed by atoms with Crippen molar-refractivity contribution >= 4 is 22.6 Å². The normalized spacial score (nSPS) is 11.8. The quantitative estimate of drug-likeness (QED) is 0.264. The van der Waals surface area contributed by atoms with Crippen LogP contribution in [0.3, 0.4) is 0 Å². The Morgan fingerprint density at radius 1 is 0.971 bits per heavy atom. The van der Waals surface area contributed by atoms with Crippen molar-refractivity contribution in [1.82, 2.24) is 25.8 Å². The van der Waals surface area contributed by atoms with Crippen LogP contribution in [-0.4, -0.2) is 32.0 Å². The van der Waals surface area contributed by atoms with Crippen molar-refractivity contribution in [2.45, 2.75) is 38.8 Å². The molecule has 0 aliphatic rings. The van der Waals surface area contributed by atoms with Gasteiger partial charge in [0.15, 0.2) is 0 Å². The molecule has 0 saturated carbocycles. The highest BCUT2D eigenvalue weighted by atomic mass is 16.5. The van der Waals surface area contributed by atoms with Crippen LogP contribution in [0.2, 0.25) is 0 Å². The highest BCUT2D eigenvalue weighted by molar-refractivity contribution is 5.83. The molecule has 34 heavy (non-hydrogen) atoms. The second kappa shape index (κ2) is 10.7. The fourth-order valence-electron chi connectivity index (χ4n) is 3.87. The van der Waals surface area contributed by atoms with E-state index in [2.05, 4.69) is 21.7 Å². The average Bonchev–Trinajstić information content (AvgIpc) is 3.33. The fraction of sp³-hybridized carbons (Fsp3) is 0.231. The number of carbonyl (C=O) groups is 2. The molecule has 0 radical (unpaired) electrons. The number of fused-ring (bicyclic) bond motifs is 1. The largest absolute Gasteiger partial charge is 0.350 e. The van der Waals surface area contributed by atoms with Crippen molar-refractivity contribution in [2.75, 3.05) is 0 Å². The monoisotopic (exact) mass is 457 g/mol. The Morgan fingerprint density at radius 2 is 1.71 bits per heavy atom. The molecule has 4 rings (SSSR count). The molecule has 0 unspecified atom stereocenters. The molecular formula is C26H27N5O3. The maximum Gasteiger partial charge on any atom is 0.245 e. The Hall–Kier alpha value is -4.04. The number of rotatable bonds is 9. The molecule has 174 valence electrons. The van der Waals surface area contributed by atoms with Gasteiger partial charge in [-0.05, 0) is 35.2 Å². The van der Waals surface area contributed by atoms with E-state index in [1.54, 1.807) is 16.4 Å². The summed E-state index contributed by atoms with van der Waals surface area (Å²) in [5.74, 6) is -0.611. The first kappa shape index (κ1) is 23.1. The molecule has 0 fully saturated rings. The average molecular weight is 458 g/mol. The van der Waals surface area contributed by atoms with Crippen LogP contribution in [0, 0.1) is 6.92 Å². The van der Waals surface area contributed by atoms with Gasteiger partial charge in [0, 0.05) is 0 Å². The fourth-order valence-corrected chi connectivity index (χ4v) is 3.87. The van der Waals surface area contributed by atoms with Crippen LogP contribution in [0.25, 0.3) is 10.8 Å².